The first kappa shape index (κ1) is 13.7. The molecule has 1 N–H and O–H groups in total. The van der Waals surface area contributed by atoms with Gasteiger partial charge in [0.15, 0.2) is 11.5 Å². The van der Waals surface area contributed by atoms with Crippen LogP contribution in [0, 0.1) is 5.92 Å². The molecule has 0 bridgehead atoms. The molecule has 1 saturated heterocycles. The Labute approximate surface area is 120 Å². The molecule has 1 unspecified atom stereocenters. The third-order valence-electron chi connectivity index (χ3n) is 4.24. The first-order valence-electron chi connectivity index (χ1n) is 7.53. The fourth-order valence-electron chi connectivity index (χ4n) is 2.93. The van der Waals surface area contributed by atoms with Crippen molar-refractivity contribution in [3.05, 3.63) is 23.8 Å². The Morgan fingerprint density at radius 2 is 1.95 bits per heavy atom. The molecule has 0 saturated carbocycles. The zero-order valence-corrected chi connectivity index (χ0v) is 12.1. The highest BCUT2D eigenvalue weighted by Crippen LogP contribution is 2.33. The highest BCUT2D eigenvalue weighted by atomic mass is 16.6. The molecule has 4 heteroatoms. The molecule has 0 aromatic heterocycles. The lowest BCUT2D eigenvalue weighted by atomic mass is 9.93. The second-order valence-electron chi connectivity index (χ2n) is 5.56. The average Bonchev–Trinajstić information content (AvgIpc) is 2.53. The van der Waals surface area contributed by atoms with E-state index in [0.717, 1.165) is 44.1 Å². The smallest absolute Gasteiger partial charge is 0.165 e. The fraction of sp³-hybridized carbons (Fsp3) is 0.625. The highest BCUT2D eigenvalue weighted by molar-refractivity contribution is 5.47. The average molecular weight is 277 g/mol. The van der Waals surface area contributed by atoms with E-state index in [4.69, 9.17) is 14.2 Å². The Morgan fingerprint density at radius 1 is 1.15 bits per heavy atom. The molecule has 1 fully saturated rings. The minimum Gasteiger partial charge on any atom is -0.486 e. The number of ether oxygens (including phenoxy) is 3. The maximum Gasteiger partial charge on any atom is 0.165 e. The lowest BCUT2D eigenvalue weighted by molar-refractivity contribution is 0.0557. The van der Waals surface area contributed by atoms with Crippen LogP contribution in [-0.2, 0) is 11.3 Å². The van der Waals surface area contributed by atoms with E-state index in [-0.39, 0.29) is 0 Å². The van der Waals surface area contributed by atoms with E-state index >= 15 is 0 Å². The van der Waals surface area contributed by atoms with Crippen molar-refractivity contribution in [3.63, 3.8) is 0 Å². The second kappa shape index (κ2) is 6.46. The van der Waals surface area contributed by atoms with Crippen LogP contribution in [0.1, 0.15) is 25.3 Å². The van der Waals surface area contributed by atoms with Crippen molar-refractivity contribution in [2.24, 2.45) is 5.92 Å². The minimum absolute atomic E-state index is 0.499. The van der Waals surface area contributed by atoms with Crippen molar-refractivity contribution in [2.75, 3.05) is 26.4 Å². The molecular formula is C16H23NO3. The minimum atomic E-state index is 0.499. The summed E-state index contributed by atoms with van der Waals surface area (Å²) in [7, 11) is 0. The normalized spacial score (nSPS) is 20.6. The molecule has 110 valence electrons. The number of fused-ring (bicyclic) bond motifs is 1. The third-order valence-corrected chi connectivity index (χ3v) is 4.24. The van der Waals surface area contributed by atoms with Gasteiger partial charge in [-0.2, -0.15) is 0 Å². The second-order valence-corrected chi connectivity index (χ2v) is 5.56. The van der Waals surface area contributed by atoms with Gasteiger partial charge in [0, 0.05) is 31.4 Å². The molecule has 2 aliphatic rings. The molecule has 0 aliphatic carbocycles. The van der Waals surface area contributed by atoms with Gasteiger partial charge >= 0.3 is 0 Å². The summed E-state index contributed by atoms with van der Waals surface area (Å²) in [5.41, 5.74) is 1.18. The lowest BCUT2D eigenvalue weighted by Gasteiger charge is -2.29. The lowest BCUT2D eigenvalue weighted by Crippen LogP contribution is -2.36. The van der Waals surface area contributed by atoms with Gasteiger partial charge in [0.2, 0.25) is 0 Å². The van der Waals surface area contributed by atoms with Crippen molar-refractivity contribution in [2.45, 2.75) is 32.4 Å². The maximum absolute atomic E-state index is 5.75. The molecule has 0 spiro atoms. The Morgan fingerprint density at radius 3 is 2.80 bits per heavy atom. The van der Waals surface area contributed by atoms with Gasteiger partial charge in [-0.05, 0) is 31.7 Å². The van der Waals surface area contributed by atoms with Gasteiger partial charge in [-0.3, -0.25) is 0 Å². The van der Waals surface area contributed by atoms with Crippen LogP contribution in [0.25, 0.3) is 0 Å². The molecule has 2 heterocycles. The van der Waals surface area contributed by atoms with Gasteiger partial charge in [-0.15, -0.1) is 0 Å². The monoisotopic (exact) mass is 277 g/mol. The highest BCUT2D eigenvalue weighted by Gasteiger charge is 2.21. The van der Waals surface area contributed by atoms with Crippen molar-refractivity contribution in [1.82, 2.24) is 5.32 Å². The van der Waals surface area contributed by atoms with Crippen molar-refractivity contribution in [1.29, 1.82) is 0 Å². The number of rotatable bonds is 4. The molecule has 2 aliphatic heterocycles. The standard InChI is InChI=1S/C16H23NO3/c1-12(13-5-7-18-8-6-13)17-11-14-3-2-4-15-16(14)20-10-9-19-15/h2-4,12-13,17H,5-11H2,1H3. The van der Waals surface area contributed by atoms with Crippen LogP contribution < -0.4 is 14.8 Å². The third kappa shape index (κ3) is 3.07. The van der Waals surface area contributed by atoms with Gasteiger partial charge in [-0.25, -0.2) is 0 Å². The summed E-state index contributed by atoms with van der Waals surface area (Å²) in [4.78, 5) is 0. The van der Waals surface area contributed by atoms with E-state index < -0.39 is 0 Å². The number of hydrogen-bond donors (Lipinski definition) is 1. The van der Waals surface area contributed by atoms with Crippen molar-refractivity contribution >= 4 is 0 Å². The summed E-state index contributed by atoms with van der Waals surface area (Å²) < 4.78 is 16.8. The summed E-state index contributed by atoms with van der Waals surface area (Å²) in [6, 6.07) is 6.61. The van der Waals surface area contributed by atoms with Crippen LogP contribution >= 0.6 is 0 Å². The van der Waals surface area contributed by atoms with Crippen LogP contribution in [0.3, 0.4) is 0 Å². The maximum atomic E-state index is 5.75. The summed E-state index contributed by atoms with van der Waals surface area (Å²) in [5, 5.41) is 3.63. The van der Waals surface area contributed by atoms with E-state index in [0.29, 0.717) is 25.2 Å². The van der Waals surface area contributed by atoms with E-state index in [9.17, 15) is 0 Å². The molecule has 1 aromatic carbocycles. The van der Waals surface area contributed by atoms with Crippen LogP contribution in [0.4, 0.5) is 0 Å². The van der Waals surface area contributed by atoms with E-state index in [1.54, 1.807) is 0 Å². The largest absolute Gasteiger partial charge is 0.486 e. The molecule has 20 heavy (non-hydrogen) atoms. The first-order chi connectivity index (χ1) is 9.84. The van der Waals surface area contributed by atoms with Gasteiger partial charge in [0.1, 0.15) is 13.2 Å². The van der Waals surface area contributed by atoms with Gasteiger partial charge < -0.3 is 19.5 Å². The van der Waals surface area contributed by atoms with E-state index in [1.165, 1.54) is 5.56 Å². The zero-order valence-electron chi connectivity index (χ0n) is 12.1. The zero-order chi connectivity index (χ0) is 13.8. The number of benzene rings is 1. The molecule has 1 atom stereocenters. The first-order valence-corrected chi connectivity index (χ1v) is 7.53. The van der Waals surface area contributed by atoms with E-state index in [2.05, 4.69) is 18.3 Å². The molecule has 0 amide bonds. The van der Waals surface area contributed by atoms with Gasteiger partial charge in [0.25, 0.3) is 0 Å². The summed E-state index contributed by atoms with van der Waals surface area (Å²) in [6.07, 6.45) is 2.31. The Hall–Kier alpha value is -1.26. The number of hydrogen-bond acceptors (Lipinski definition) is 4. The topological polar surface area (TPSA) is 39.7 Å². The molecule has 0 radical (unpaired) electrons. The fourth-order valence-corrected chi connectivity index (χ4v) is 2.93. The molecule has 3 rings (SSSR count). The summed E-state index contributed by atoms with van der Waals surface area (Å²) >= 11 is 0. The van der Waals surface area contributed by atoms with Crippen LogP contribution in [0.2, 0.25) is 0 Å². The van der Waals surface area contributed by atoms with Crippen LogP contribution in [-0.4, -0.2) is 32.5 Å². The van der Waals surface area contributed by atoms with Gasteiger partial charge in [0.05, 0.1) is 0 Å². The van der Waals surface area contributed by atoms with E-state index in [1.807, 2.05) is 12.1 Å². The molecule has 4 nitrogen and oxygen atoms in total. The number of nitrogens with one attached hydrogen (secondary N) is 1. The quantitative estimate of drug-likeness (QED) is 0.917. The van der Waals surface area contributed by atoms with Crippen LogP contribution in [0.5, 0.6) is 11.5 Å². The Kier molecular flexibility index (Phi) is 4.43. The summed E-state index contributed by atoms with van der Waals surface area (Å²) in [5.74, 6) is 2.49. The van der Waals surface area contributed by atoms with Gasteiger partial charge in [-0.1, -0.05) is 12.1 Å². The Bertz CT molecular complexity index is 443. The van der Waals surface area contributed by atoms with Crippen LogP contribution in [0.15, 0.2) is 18.2 Å². The van der Waals surface area contributed by atoms with Crippen molar-refractivity contribution < 1.29 is 14.2 Å². The molecular weight excluding hydrogens is 254 g/mol. The predicted octanol–water partition coefficient (Wildman–Crippen LogP) is 2.36. The number of para-hydroxylation sites is 1. The predicted molar refractivity (Wildman–Crippen MR) is 77.3 cm³/mol. The molecule has 1 aromatic rings. The summed E-state index contributed by atoms with van der Waals surface area (Å²) in [6.45, 7) is 6.17. The van der Waals surface area contributed by atoms with Crippen molar-refractivity contribution in [3.8, 4) is 11.5 Å². The SMILES string of the molecule is CC(NCc1cccc2c1OCCO2)C1CCOCC1. The Balaban J connectivity index is 1.60.